The van der Waals surface area contributed by atoms with Crippen LogP contribution >= 0.6 is 0 Å². The highest BCUT2D eigenvalue weighted by Gasteiger charge is 2.39. The van der Waals surface area contributed by atoms with Gasteiger partial charge in [0.25, 0.3) is 11.5 Å². The van der Waals surface area contributed by atoms with E-state index in [1.165, 1.54) is 35.0 Å². The van der Waals surface area contributed by atoms with Crippen LogP contribution in [0.15, 0.2) is 76.6 Å². The fourth-order valence-electron chi connectivity index (χ4n) is 5.39. The van der Waals surface area contributed by atoms with Gasteiger partial charge < -0.3 is 30.0 Å². The largest absolute Gasteiger partial charge is 0.488 e. The van der Waals surface area contributed by atoms with Gasteiger partial charge in [-0.3, -0.25) is 19.1 Å². The number of carbonyl (C=O) groups is 1. The molecule has 12 nitrogen and oxygen atoms in total. The molecule has 1 aliphatic heterocycles. The Kier molecular flexibility index (Phi) is 8.03. The van der Waals surface area contributed by atoms with Crippen molar-refractivity contribution in [3.05, 3.63) is 105 Å². The molecule has 252 valence electrons. The number of nitrogens with one attached hydrogen (secondary N) is 1. The Hall–Kier alpha value is -5.76. The van der Waals surface area contributed by atoms with E-state index in [4.69, 9.17) is 24.7 Å². The number of amides is 1. The van der Waals surface area contributed by atoms with Crippen molar-refractivity contribution in [2.45, 2.75) is 38.3 Å². The number of pyridine rings is 1. The van der Waals surface area contributed by atoms with Crippen molar-refractivity contribution in [2.24, 2.45) is 5.73 Å². The summed E-state index contributed by atoms with van der Waals surface area (Å²) in [6.07, 6.45) is 4.39. The number of ether oxygens (including phenoxy) is 4. The molecule has 0 saturated heterocycles. The van der Waals surface area contributed by atoms with Gasteiger partial charge in [0, 0.05) is 36.3 Å². The van der Waals surface area contributed by atoms with Crippen molar-refractivity contribution in [2.75, 3.05) is 25.1 Å². The quantitative estimate of drug-likeness (QED) is 0.219. The Balaban J connectivity index is 1.17. The summed E-state index contributed by atoms with van der Waals surface area (Å²) in [7, 11) is 0. The molecule has 0 unspecified atom stereocenters. The minimum atomic E-state index is -0.922. The molecule has 2 aromatic heterocycles. The molecule has 5 aromatic rings. The molecule has 3 N–H and O–H groups in total. The molecular weight excluding hydrogens is 640 g/mol. The zero-order valence-electron chi connectivity index (χ0n) is 26.5. The summed E-state index contributed by atoms with van der Waals surface area (Å²) >= 11 is 0. The van der Waals surface area contributed by atoms with Crippen LogP contribution in [0.25, 0.3) is 16.6 Å². The number of anilines is 1. The normalized spacial score (nSPS) is 14.5. The third kappa shape index (κ3) is 6.18. The van der Waals surface area contributed by atoms with E-state index < -0.39 is 34.8 Å². The number of halogens is 2. The Labute approximate surface area is 277 Å². The third-order valence-corrected chi connectivity index (χ3v) is 8.26. The van der Waals surface area contributed by atoms with Gasteiger partial charge in [-0.2, -0.15) is 0 Å². The summed E-state index contributed by atoms with van der Waals surface area (Å²) in [6, 6.07) is 11.3. The second-order valence-corrected chi connectivity index (χ2v) is 12.2. The van der Waals surface area contributed by atoms with Gasteiger partial charge >= 0.3 is 5.69 Å². The zero-order valence-corrected chi connectivity index (χ0v) is 26.5. The lowest BCUT2D eigenvalue weighted by molar-refractivity contribution is 0.102. The van der Waals surface area contributed by atoms with Crippen LogP contribution < -0.4 is 41.2 Å². The molecule has 0 bridgehead atoms. The molecule has 3 heterocycles. The average Bonchev–Trinajstić information content (AvgIpc) is 3.82. The van der Waals surface area contributed by atoms with Gasteiger partial charge in [-0.05, 0) is 69.2 Å². The predicted octanol–water partition coefficient (Wildman–Crippen LogP) is 5.09. The second-order valence-electron chi connectivity index (χ2n) is 12.2. The van der Waals surface area contributed by atoms with Gasteiger partial charge in [0.1, 0.15) is 37.0 Å². The van der Waals surface area contributed by atoms with Gasteiger partial charge in [0.2, 0.25) is 5.75 Å². The molecule has 7 rings (SSSR count). The lowest BCUT2D eigenvalue weighted by Crippen LogP contribution is -2.42. The first-order valence-corrected chi connectivity index (χ1v) is 15.6. The first-order chi connectivity index (χ1) is 23.5. The fraction of sp³-hybridized carbons (Fsp3) is 0.257. The van der Waals surface area contributed by atoms with Crippen molar-refractivity contribution in [1.29, 1.82) is 0 Å². The number of nitrogens with two attached hydrogens (primary N) is 1. The number of fused-ring (bicyclic) bond motifs is 3. The minimum Gasteiger partial charge on any atom is -0.488 e. The van der Waals surface area contributed by atoms with E-state index in [-0.39, 0.29) is 40.6 Å². The monoisotopic (exact) mass is 671 g/mol. The van der Waals surface area contributed by atoms with Crippen molar-refractivity contribution < 1.29 is 32.5 Å². The van der Waals surface area contributed by atoms with E-state index in [9.17, 15) is 18.8 Å². The van der Waals surface area contributed by atoms with Crippen LogP contribution in [-0.2, 0) is 0 Å². The summed E-state index contributed by atoms with van der Waals surface area (Å²) in [5, 5.41) is 2.97. The predicted molar refractivity (Wildman–Crippen MR) is 175 cm³/mol. The van der Waals surface area contributed by atoms with Gasteiger partial charge in [-0.15, -0.1) is 0 Å². The summed E-state index contributed by atoms with van der Waals surface area (Å²) in [5.41, 5.74) is 4.41. The lowest BCUT2D eigenvalue weighted by Gasteiger charge is -2.24. The van der Waals surface area contributed by atoms with Gasteiger partial charge in [0.05, 0.1) is 22.1 Å². The Morgan fingerprint density at radius 3 is 2.43 bits per heavy atom. The highest BCUT2D eigenvalue weighted by atomic mass is 19.1. The summed E-state index contributed by atoms with van der Waals surface area (Å²) in [5.74, 6) is -1.02. The van der Waals surface area contributed by atoms with Crippen LogP contribution in [0.3, 0.4) is 0 Å². The van der Waals surface area contributed by atoms with Crippen LogP contribution in [0.4, 0.5) is 14.5 Å². The number of rotatable bonds is 9. The first-order valence-electron chi connectivity index (χ1n) is 15.6. The molecule has 1 saturated carbocycles. The van der Waals surface area contributed by atoms with Crippen molar-refractivity contribution in [1.82, 2.24) is 14.1 Å². The van der Waals surface area contributed by atoms with Crippen LogP contribution in [0.1, 0.15) is 43.1 Å². The van der Waals surface area contributed by atoms with E-state index in [1.54, 1.807) is 26.0 Å². The number of benzene rings is 3. The lowest BCUT2D eigenvalue weighted by atomic mass is 10.1. The molecule has 0 radical (unpaired) electrons. The first kappa shape index (κ1) is 31.8. The van der Waals surface area contributed by atoms with E-state index in [1.807, 2.05) is 0 Å². The number of carbonyl (C=O) groups excluding carboxylic acids is 1. The third-order valence-electron chi connectivity index (χ3n) is 8.26. The number of nitrogens with zero attached hydrogens (tertiary/aromatic N) is 3. The van der Waals surface area contributed by atoms with E-state index in [2.05, 4.69) is 10.3 Å². The molecule has 0 atom stereocenters. The molecule has 3 aromatic carbocycles. The smallest absolute Gasteiger partial charge is 0.335 e. The molecule has 14 heteroatoms. The Morgan fingerprint density at radius 1 is 1.00 bits per heavy atom. The molecule has 0 spiro atoms. The van der Waals surface area contributed by atoms with Crippen LogP contribution in [0.2, 0.25) is 0 Å². The summed E-state index contributed by atoms with van der Waals surface area (Å²) < 4.78 is 54.9. The Morgan fingerprint density at radius 2 is 1.73 bits per heavy atom. The van der Waals surface area contributed by atoms with Crippen LogP contribution in [-0.4, -0.2) is 45.4 Å². The second kappa shape index (κ2) is 12.4. The van der Waals surface area contributed by atoms with Crippen molar-refractivity contribution >= 4 is 22.5 Å². The number of hydrogen-bond acceptors (Lipinski definition) is 9. The van der Waals surface area contributed by atoms with E-state index in [0.717, 1.165) is 41.8 Å². The van der Waals surface area contributed by atoms with Crippen molar-refractivity contribution in [3.8, 4) is 34.4 Å². The zero-order chi connectivity index (χ0) is 34.4. The van der Waals surface area contributed by atoms with E-state index >= 15 is 4.39 Å². The minimum absolute atomic E-state index is 0.0220. The molecule has 1 amide bonds. The molecule has 49 heavy (non-hydrogen) atoms. The molecule has 2 aliphatic rings. The highest BCUT2D eigenvalue weighted by molar-refractivity contribution is 6.04. The molecule has 1 fully saturated rings. The average molecular weight is 672 g/mol. The maximum absolute atomic E-state index is 15.5. The van der Waals surface area contributed by atoms with Gasteiger partial charge in [-0.25, -0.2) is 18.1 Å². The van der Waals surface area contributed by atoms with Gasteiger partial charge in [0.15, 0.2) is 23.1 Å². The highest BCUT2D eigenvalue weighted by Crippen LogP contribution is 2.49. The number of aromatic nitrogens is 3. The SMILES string of the molecule is CC(C)n1cc(C(=O)Nc2ccc(Oc3ccnc4cc(OCC5(N)CC5)c5c(c34)OCCO5)c(F)c2)c(=O)n(-c2ccc(F)cc2)c1=O. The van der Waals surface area contributed by atoms with Crippen LogP contribution in [0.5, 0.6) is 28.7 Å². The summed E-state index contributed by atoms with van der Waals surface area (Å²) in [6.45, 7) is 4.29. The summed E-state index contributed by atoms with van der Waals surface area (Å²) in [4.78, 5) is 44.3. The number of hydrogen-bond donors (Lipinski definition) is 2. The van der Waals surface area contributed by atoms with E-state index in [0.29, 0.717) is 41.4 Å². The Bertz CT molecular complexity index is 2230. The van der Waals surface area contributed by atoms with Crippen LogP contribution in [0, 0.1) is 11.6 Å². The maximum Gasteiger partial charge on any atom is 0.335 e. The van der Waals surface area contributed by atoms with Crippen molar-refractivity contribution in [3.63, 3.8) is 0 Å². The molecule has 1 aliphatic carbocycles. The maximum atomic E-state index is 15.5. The molecular formula is C35H31F2N5O7. The van der Waals surface area contributed by atoms with Gasteiger partial charge in [-0.1, -0.05) is 0 Å². The standard InChI is InChI=1S/C35H31F2N5O7/c1-19(2)41-17-23(33(44)42(34(41)45)22-6-3-20(36)4-7-22)32(43)40-21-5-8-26(24(37)15-21)49-27-9-12-39-25-16-28(48-18-35(38)10-11-35)30-31(29(25)27)47-14-13-46-30/h3-9,12,15-17,19H,10-11,13-14,18,38H2,1-2H3,(H,40,43). The fourth-order valence-corrected chi connectivity index (χ4v) is 5.39. The topological polar surface area (TPSA) is 149 Å².